The summed E-state index contributed by atoms with van der Waals surface area (Å²) in [6.45, 7) is 1.41. The van der Waals surface area contributed by atoms with Crippen molar-refractivity contribution in [2.45, 2.75) is 19.6 Å². The number of aryl methyl sites for hydroxylation is 1. The van der Waals surface area contributed by atoms with Crippen LogP contribution in [0.5, 0.6) is 0 Å². The second kappa shape index (κ2) is 6.03. The van der Waals surface area contributed by atoms with Gasteiger partial charge in [0.15, 0.2) is 0 Å². The molecule has 3 rings (SSSR count). The van der Waals surface area contributed by atoms with Gasteiger partial charge in [-0.25, -0.2) is 4.98 Å². The third-order valence-corrected chi connectivity index (χ3v) is 3.95. The van der Waals surface area contributed by atoms with Crippen LogP contribution in [0.25, 0.3) is 10.9 Å². The van der Waals surface area contributed by atoms with Crippen LogP contribution in [0.4, 0.5) is 13.2 Å². The molecule has 1 N–H and O–H groups in total. The van der Waals surface area contributed by atoms with Gasteiger partial charge in [0, 0.05) is 6.20 Å². The lowest BCUT2D eigenvalue weighted by molar-refractivity contribution is -0.138. The molecular formula is C16H11ClF3N3O2. The van der Waals surface area contributed by atoms with Crippen LogP contribution >= 0.6 is 11.6 Å². The number of H-pyrrole nitrogens is 1. The number of aromatic nitrogens is 3. The van der Waals surface area contributed by atoms with Crippen molar-refractivity contribution in [3.05, 3.63) is 73.1 Å². The first-order valence-electron chi connectivity index (χ1n) is 7.12. The summed E-state index contributed by atoms with van der Waals surface area (Å²) in [5.41, 5.74) is -1.14. The summed E-state index contributed by atoms with van der Waals surface area (Å²) in [6.07, 6.45) is -4.00. The van der Waals surface area contributed by atoms with Crippen molar-refractivity contribution in [3.8, 4) is 0 Å². The molecule has 0 bridgehead atoms. The van der Waals surface area contributed by atoms with Crippen molar-refractivity contribution >= 4 is 22.5 Å². The number of para-hydroxylation sites is 1. The molecule has 0 aliphatic rings. The largest absolute Gasteiger partial charge is 0.417 e. The molecule has 5 nitrogen and oxygen atoms in total. The lowest BCUT2D eigenvalue weighted by Gasteiger charge is -2.12. The Balaban J connectivity index is 2.13. The highest BCUT2D eigenvalue weighted by Crippen LogP contribution is 2.29. The van der Waals surface area contributed by atoms with E-state index in [1.54, 1.807) is 25.1 Å². The van der Waals surface area contributed by atoms with Crippen molar-refractivity contribution in [2.75, 3.05) is 0 Å². The molecule has 0 radical (unpaired) electrons. The topological polar surface area (TPSA) is 67.8 Å². The maximum Gasteiger partial charge on any atom is 0.417 e. The van der Waals surface area contributed by atoms with Crippen LogP contribution in [0.15, 0.2) is 40.1 Å². The molecule has 0 atom stereocenters. The number of aromatic amines is 1. The molecule has 2 aromatic heterocycles. The number of fused-ring (bicyclic) bond motifs is 1. The Hall–Kier alpha value is -2.61. The van der Waals surface area contributed by atoms with Gasteiger partial charge in [-0.2, -0.15) is 13.2 Å². The maximum atomic E-state index is 12.9. The molecule has 25 heavy (non-hydrogen) atoms. The zero-order chi connectivity index (χ0) is 18.4. The predicted molar refractivity (Wildman–Crippen MR) is 86.9 cm³/mol. The predicted octanol–water partition coefficient (Wildman–Crippen LogP) is 3.11. The van der Waals surface area contributed by atoms with E-state index in [0.717, 1.165) is 10.1 Å². The highest BCUT2D eigenvalue weighted by atomic mass is 35.5. The number of hydrogen-bond donors (Lipinski definition) is 1. The van der Waals surface area contributed by atoms with E-state index in [2.05, 4.69) is 9.97 Å². The van der Waals surface area contributed by atoms with Crippen LogP contribution in [0.2, 0.25) is 5.02 Å². The minimum absolute atomic E-state index is 0.0595. The molecule has 3 aromatic rings. The van der Waals surface area contributed by atoms with E-state index in [4.69, 9.17) is 11.6 Å². The zero-order valence-corrected chi connectivity index (χ0v) is 13.6. The van der Waals surface area contributed by atoms with Crippen LogP contribution in [0, 0.1) is 6.92 Å². The first-order chi connectivity index (χ1) is 11.7. The number of benzene rings is 1. The maximum absolute atomic E-state index is 12.9. The summed E-state index contributed by atoms with van der Waals surface area (Å²) >= 11 is 5.62. The van der Waals surface area contributed by atoms with Crippen molar-refractivity contribution < 1.29 is 13.2 Å². The summed E-state index contributed by atoms with van der Waals surface area (Å²) in [6, 6.07) is 5.61. The molecule has 1 aromatic carbocycles. The van der Waals surface area contributed by atoms with Crippen LogP contribution in [0.1, 0.15) is 17.0 Å². The number of halogens is 4. The number of hydrogen-bond acceptors (Lipinski definition) is 3. The van der Waals surface area contributed by atoms with Crippen molar-refractivity contribution in [1.29, 1.82) is 0 Å². The van der Waals surface area contributed by atoms with Crippen LogP contribution in [-0.2, 0) is 12.7 Å². The van der Waals surface area contributed by atoms with Crippen LogP contribution in [0.3, 0.4) is 0 Å². The molecule has 0 fully saturated rings. The minimum atomic E-state index is -4.65. The van der Waals surface area contributed by atoms with E-state index in [0.29, 0.717) is 23.2 Å². The molecule has 130 valence electrons. The van der Waals surface area contributed by atoms with Crippen LogP contribution < -0.4 is 11.1 Å². The van der Waals surface area contributed by atoms with E-state index < -0.39 is 27.9 Å². The van der Waals surface area contributed by atoms with Gasteiger partial charge in [0.1, 0.15) is 10.8 Å². The number of alkyl halides is 3. The highest BCUT2D eigenvalue weighted by Gasteiger charge is 2.32. The molecule has 2 heterocycles. The Kier molecular flexibility index (Phi) is 4.16. The summed E-state index contributed by atoms with van der Waals surface area (Å²) in [7, 11) is 0. The zero-order valence-electron chi connectivity index (χ0n) is 12.8. The lowest BCUT2D eigenvalue weighted by Crippen LogP contribution is -2.25. The SMILES string of the molecule is Cc1cccc2c(=O)[nH]c(Cn3cc(C(F)(F)F)cc(Cl)c3=O)nc12. The van der Waals surface area contributed by atoms with Gasteiger partial charge in [0.2, 0.25) is 0 Å². The number of nitrogens with one attached hydrogen (secondary N) is 1. The van der Waals surface area contributed by atoms with Gasteiger partial charge in [-0.05, 0) is 24.6 Å². The van der Waals surface area contributed by atoms with Crippen molar-refractivity contribution in [3.63, 3.8) is 0 Å². The standard InChI is InChI=1S/C16H11ClF3N3O2/c1-8-3-2-4-10-13(8)21-12(22-14(10)24)7-23-6-9(16(18,19)20)5-11(17)15(23)25/h2-6H,7H2,1H3,(H,21,22,24). The van der Waals surface area contributed by atoms with Crippen molar-refractivity contribution in [1.82, 2.24) is 14.5 Å². The molecule has 9 heteroatoms. The normalized spacial score (nSPS) is 11.9. The second-order valence-electron chi connectivity index (χ2n) is 5.49. The molecule has 0 aliphatic carbocycles. The number of pyridine rings is 1. The summed E-state index contributed by atoms with van der Waals surface area (Å²) in [5.74, 6) is 0.0595. The summed E-state index contributed by atoms with van der Waals surface area (Å²) < 4.78 is 39.5. The highest BCUT2D eigenvalue weighted by molar-refractivity contribution is 6.30. The first kappa shape index (κ1) is 17.2. The summed E-state index contributed by atoms with van der Waals surface area (Å²) in [4.78, 5) is 30.9. The monoisotopic (exact) mass is 369 g/mol. The van der Waals surface area contributed by atoms with E-state index in [9.17, 15) is 22.8 Å². The third-order valence-electron chi connectivity index (χ3n) is 3.68. The van der Waals surface area contributed by atoms with Gasteiger partial charge in [-0.1, -0.05) is 23.7 Å². The molecule has 0 saturated heterocycles. The van der Waals surface area contributed by atoms with Crippen molar-refractivity contribution in [2.24, 2.45) is 0 Å². The Morgan fingerprint density at radius 2 is 2.00 bits per heavy atom. The van der Waals surface area contributed by atoms with E-state index in [-0.39, 0.29) is 12.4 Å². The quantitative estimate of drug-likeness (QED) is 0.754. The second-order valence-corrected chi connectivity index (χ2v) is 5.90. The van der Waals surface area contributed by atoms with Gasteiger partial charge in [0.05, 0.1) is 23.0 Å². The lowest BCUT2D eigenvalue weighted by atomic mass is 10.1. The average molecular weight is 370 g/mol. The fourth-order valence-corrected chi connectivity index (χ4v) is 2.69. The fourth-order valence-electron chi connectivity index (χ4n) is 2.46. The minimum Gasteiger partial charge on any atom is -0.308 e. The Bertz CT molecular complexity index is 1090. The molecule has 0 amide bonds. The van der Waals surface area contributed by atoms with E-state index >= 15 is 0 Å². The fraction of sp³-hybridized carbons (Fsp3) is 0.188. The molecular weight excluding hydrogens is 359 g/mol. The van der Waals surface area contributed by atoms with Gasteiger partial charge >= 0.3 is 6.18 Å². The van der Waals surface area contributed by atoms with Crippen LogP contribution in [-0.4, -0.2) is 14.5 Å². The average Bonchev–Trinajstić information content (AvgIpc) is 2.52. The Morgan fingerprint density at radius 3 is 2.68 bits per heavy atom. The summed E-state index contributed by atoms with van der Waals surface area (Å²) in [5, 5.41) is -0.202. The number of nitrogens with zero attached hydrogens (tertiary/aromatic N) is 2. The van der Waals surface area contributed by atoms with Gasteiger partial charge < -0.3 is 9.55 Å². The van der Waals surface area contributed by atoms with E-state index in [1.165, 1.54) is 0 Å². The van der Waals surface area contributed by atoms with E-state index in [1.807, 2.05) is 0 Å². The first-order valence-corrected chi connectivity index (χ1v) is 7.50. The molecule has 0 aliphatic heterocycles. The smallest absolute Gasteiger partial charge is 0.308 e. The van der Waals surface area contributed by atoms with Gasteiger partial charge in [-0.15, -0.1) is 0 Å². The Morgan fingerprint density at radius 1 is 1.28 bits per heavy atom. The molecule has 0 saturated carbocycles. The molecule has 0 spiro atoms. The number of rotatable bonds is 2. The Labute approximate surface area is 143 Å². The molecule has 0 unspecified atom stereocenters. The van der Waals surface area contributed by atoms with Gasteiger partial charge in [0.25, 0.3) is 11.1 Å². The third kappa shape index (κ3) is 3.30. The van der Waals surface area contributed by atoms with Gasteiger partial charge in [-0.3, -0.25) is 9.59 Å².